The number of aromatic nitrogens is 7. The van der Waals surface area contributed by atoms with Crippen molar-refractivity contribution in [2.45, 2.75) is 52.4 Å². The number of hydrogen-bond donors (Lipinski definition) is 0. The number of fused-ring (bicyclic) bond motifs is 7. The van der Waals surface area contributed by atoms with Gasteiger partial charge in [0, 0.05) is 78.3 Å². The van der Waals surface area contributed by atoms with E-state index in [0.29, 0.717) is 46.1 Å². The van der Waals surface area contributed by atoms with E-state index in [9.17, 15) is 5.26 Å². The van der Waals surface area contributed by atoms with Gasteiger partial charge in [-0.2, -0.15) is 5.26 Å². The van der Waals surface area contributed by atoms with E-state index in [2.05, 4.69) is 208 Å². The van der Waals surface area contributed by atoms with Crippen LogP contribution in [0.15, 0.2) is 285 Å². The van der Waals surface area contributed by atoms with Crippen molar-refractivity contribution in [1.82, 2.24) is 34.5 Å². The molecule has 3 aromatic heterocycles. The van der Waals surface area contributed by atoms with Crippen molar-refractivity contribution in [2.24, 2.45) is 0 Å². The fourth-order valence-electron chi connectivity index (χ4n) is 14.2. The average molecular weight is 1260 g/mol. The van der Waals surface area contributed by atoms with Crippen LogP contribution in [0.2, 0.25) is 0 Å². The molecule has 0 aliphatic carbocycles. The Balaban J connectivity index is 0.949. The number of anilines is 6. The van der Waals surface area contributed by atoms with E-state index in [1.54, 1.807) is 0 Å². The molecule has 2 aliphatic rings. The van der Waals surface area contributed by atoms with Gasteiger partial charge in [0.05, 0.1) is 28.4 Å². The van der Waals surface area contributed by atoms with Crippen LogP contribution >= 0.6 is 0 Å². The molecule has 0 N–H and O–H groups in total. The summed E-state index contributed by atoms with van der Waals surface area (Å²) < 4.78 is 2.30. The fraction of sp³-hybridized carbons (Fsp3) is 0.0920. The second-order valence-corrected chi connectivity index (χ2v) is 27.5. The summed E-state index contributed by atoms with van der Waals surface area (Å²) in [6.45, 7) is 13.7. The van der Waals surface area contributed by atoms with Crippen LogP contribution in [-0.4, -0.2) is 41.2 Å². The highest BCUT2D eigenvalue weighted by Crippen LogP contribution is 2.49. The number of para-hydroxylation sites is 2. The van der Waals surface area contributed by atoms with Crippen molar-refractivity contribution < 1.29 is 0 Å². The Morgan fingerprint density at radius 1 is 0.316 bits per heavy atom. The molecule has 466 valence electrons. The van der Waals surface area contributed by atoms with Crippen LogP contribution in [0.4, 0.5) is 34.1 Å². The Bertz CT molecular complexity index is 5420. The minimum absolute atomic E-state index is 0.0837. The zero-order valence-electron chi connectivity index (χ0n) is 55.2. The van der Waals surface area contributed by atoms with Crippen molar-refractivity contribution in [3.05, 3.63) is 302 Å². The second-order valence-electron chi connectivity index (χ2n) is 27.5. The van der Waals surface area contributed by atoms with Gasteiger partial charge in [-0.05, 0) is 147 Å². The van der Waals surface area contributed by atoms with Crippen LogP contribution in [0, 0.1) is 11.3 Å². The first kappa shape index (κ1) is 59.4. The van der Waals surface area contributed by atoms with Crippen LogP contribution < -0.4 is 26.2 Å². The predicted molar refractivity (Wildman–Crippen MR) is 402 cm³/mol. The standard InChI is InChI=1S/C87H65BN10/c1-86(2,3)63-40-42-70-75(52-63)96(65-33-21-11-22-34-65)77-50-62(51-78-79(77)88(70)71-43-41-64(87(4,5)6)53-76(71)97(78)66-35-23-12-24-36-66)60-38-45-72-67(48-60)68-49-61(84-92-80(56-25-13-7-14-26-56)90-81(93-84)57-27-15-8-16-28-57)39-46-73(68)98(72)74-44-37-55(54-89)47-69(74)85-94-82(58-29-17-9-18-30-58)91-83(95-85)59-31-19-10-20-32-59/h7-53H,1-6H3. The summed E-state index contributed by atoms with van der Waals surface area (Å²) in [6.07, 6.45) is 0. The maximum Gasteiger partial charge on any atom is 0.252 e. The number of nitrogens with zero attached hydrogens (tertiary/aromatic N) is 10. The number of hydrogen-bond acceptors (Lipinski definition) is 9. The smallest absolute Gasteiger partial charge is 0.252 e. The number of nitriles is 1. The molecular formula is C87H65BN10. The molecule has 0 saturated carbocycles. The molecular weight excluding hydrogens is 1200 g/mol. The molecule has 0 spiro atoms. The third-order valence-electron chi connectivity index (χ3n) is 19.2. The highest BCUT2D eigenvalue weighted by Gasteiger charge is 2.44. The first-order valence-electron chi connectivity index (χ1n) is 33.3. The first-order valence-corrected chi connectivity index (χ1v) is 33.3. The van der Waals surface area contributed by atoms with Crippen molar-refractivity contribution >= 4 is 79.0 Å². The van der Waals surface area contributed by atoms with E-state index in [4.69, 9.17) is 29.9 Å². The van der Waals surface area contributed by atoms with Gasteiger partial charge in [0.1, 0.15) is 0 Å². The molecule has 98 heavy (non-hydrogen) atoms. The normalized spacial score (nSPS) is 12.5. The topological polar surface area (TPSA) is 113 Å². The maximum atomic E-state index is 10.7. The SMILES string of the molecule is CC(C)(C)c1ccc2c(c1)N(c1ccccc1)c1cc(-c3ccc4c(c3)c3cc(-c5nc(-c6ccccc6)nc(-c6ccccc6)n5)ccc3n4-c3ccc(C#N)cc3-c3nc(-c4ccccc4)nc(-c4ccccc4)n3)cc3c1B2c1ccc(C(C)(C)C)cc1N3c1ccccc1. The lowest BCUT2D eigenvalue weighted by Gasteiger charge is -2.45. The molecule has 10 nitrogen and oxygen atoms in total. The predicted octanol–water partition coefficient (Wildman–Crippen LogP) is 19.4. The van der Waals surface area contributed by atoms with E-state index in [1.165, 1.54) is 38.9 Å². The largest absolute Gasteiger partial charge is 0.311 e. The summed E-state index contributed by atoms with van der Waals surface area (Å²) >= 11 is 0. The molecule has 12 aromatic carbocycles. The Morgan fingerprint density at radius 2 is 0.694 bits per heavy atom. The number of benzene rings is 12. The third kappa shape index (κ3) is 10.4. The summed E-state index contributed by atoms with van der Waals surface area (Å²) in [5.41, 5.74) is 22.9. The summed E-state index contributed by atoms with van der Waals surface area (Å²) in [4.78, 5) is 36.3. The van der Waals surface area contributed by atoms with Gasteiger partial charge in [0.25, 0.3) is 6.71 Å². The molecule has 0 atom stereocenters. The zero-order valence-corrected chi connectivity index (χ0v) is 55.2. The molecule has 0 amide bonds. The Labute approximate surface area is 570 Å². The lowest BCUT2D eigenvalue weighted by molar-refractivity contribution is 0.590. The molecule has 0 bridgehead atoms. The average Bonchev–Trinajstić information content (AvgIpc) is 0.756. The molecule has 17 rings (SSSR count). The van der Waals surface area contributed by atoms with Gasteiger partial charge in [-0.3, -0.25) is 0 Å². The second kappa shape index (κ2) is 23.5. The minimum Gasteiger partial charge on any atom is -0.311 e. The van der Waals surface area contributed by atoms with Crippen LogP contribution in [0.3, 0.4) is 0 Å². The third-order valence-corrected chi connectivity index (χ3v) is 19.2. The van der Waals surface area contributed by atoms with Gasteiger partial charge in [0.2, 0.25) is 0 Å². The van der Waals surface area contributed by atoms with Crippen LogP contribution in [-0.2, 0) is 10.8 Å². The van der Waals surface area contributed by atoms with E-state index in [-0.39, 0.29) is 17.5 Å². The summed E-state index contributed by atoms with van der Waals surface area (Å²) in [6, 6.07) is 103. The molecule has 11 heteroatoms. The van der Waals surface area contributed by atoms with Crippen LogP contribution in [0.1, 0.15) is 58.2 Å². The van der Waals surface area contributed by atoms with Gasteiger partial charge in [0.15, 0.2) is 34.9 Å². The monoisotopic (exact) mass is 1260 g/mol. The van der Waals surface area contributed by atoms with Gasteiger partial charge in [-0.25, -0.2) is 29.9 Å². The van der Waals surface area contributed by atoms with Gasteiger partial charge in [-0.1, -0.05) is 230 Å². The van der Waals surface area contributed by atoms with E-state index in [0.717, 1.165) is 89.2 Å². The van der Waals surface area contributed by atoms with Crippen molar-refractivity contribution in [3.63, 3.8) is 0 Å². The highest BCUT2D eigenvalue weighted by atomic mass is 15.2. The maximum absolute atomic E-state index is 10.7. The van der Waals surface area contributed by atoms with Crippen molar-refractivity contribution in [2.75, 3.05) is 9.80 Å². The van der Waals surface area contributed by atoms with E-state index < -0.39 is 0 Å². The van der Waals surface area contributed by atoms with Crippen molar-refractivity contribution in [3.8, 4) is 91.2 Å². The molecule has 5 heterocycles. The van der Waals surface area contributed by atoms with E-state index in [1.807, 2.05) is 140 Å². The van der Waals surface area contributed by atoms with Gasteiger partial charge < -0.3 is 14.4 Å². The number of rotatable bonds is 10. The molecule has 15 aromatic rings. The quantitative estimate of drug-likeness (QED) is 0.124. The highest BCUT2D eigenvalue weighted by molar-refractivity contribution is 7.00. The van der Waals surface area contributed by atoms with Gasteiger partial charge >= 0.3 is 0 Å². The molecule has 0 fully saturated rings. The fourth-order valence-corrected chi connectivity index (χ4v) is 14.2. The van der Waals surface area contributed by atoms with Crippen LogP contribution in [0.25, 0.3) is 107 Å². The molecule has 0 radical (unpaired) electrons. The van der Waals surface area contributed by atoms with Crippen LogP contribution in [0.5, 0.6) is 0 Å². The van der Waals surface area contributed by atoms with Gasteiger partial charge in [-0.15, -0.1) is 0 Å². The van der Waals surface area contributed by atoms with E-state index >= 15 is 0 Å². The molecule has 0 saturated heterocycles. The minimum atomic E-state index is -0.118. The first-order chi connectivity index (χ1) is 47.8. The Morgan fingerprint density at radius 3 is 1.10 bits per heavy atom. The summed E-state index contributed by atoms with van der Waals surface area (Å²) in [5, 5.41) is 12.7. The summed E-state index contributed by atoms with van der Waals surface area (Å²) in [7, 11) is 0. The Hall–Kier alpha value is -12.4. The lowest BCUT2D eigenvalue weighted by Crippen LogP contribution is -2.61. The molecule has 2 aliphatic heterocycles. The molecule has 0 unspecified atom stereocenters. The van der Waals surface area contributed by atoms with Crippen molar-refractivity contribution in [1.29, 1.82) is 5.26 Å². The lowest BCUT2D eigenvalue weighted by atomic mass is 9.33. The Kier molecular flexibility index (Phi) is 14.2. The zero-order chi connectivity index (χ0) is 66.4. The summed E-state index contributed by atoms with van der Waals surface area (Å²) in [5.74, 6) is 3.16.